The highest BCUT2D eigenvalue weighted by molar-refractivity contribution is 7.12. The van der Waals surface area contributed by atoms with Gasteiger partial charge in [-0.05, 0) is 36.3 Å². The van der Waals surface area contributed by atoms with E-state index in [0.29, 0.717) is 0 Å². The fourth-order valence-corrected chi connectivity index (χ4v) is 3.87. The Morgan fingerprint density at radius 3 is 2.65 bits per heavy atom. The van der Waals surface area contributed by atoms with Crippen molar-refractivity contribution in [2.24, 2.45) is 0 Å². The summed E-state index contributed by atoms with van der Waals surface area (Å²) in [6.45, 7) is 2.02. The predicted molar refractivity (Wildman–Crippen MR) is 79.2 cm³/mol. The fraction of sp³-hybridized carbons (Fsp3) is 0.600. The van der Waals surface area contributed by atoms with Crippen LogP contribution < -0.4 is 5.32 Å². The zero-order valence-electron chi connectivity index (χ0n) is 11.8. The van der Waals surface area contributed by atoms with Crippen molar-refractivity contribution >= 4 is 23.2 Å². The second-order valence-electron chi connectivity index (χ2n) is 5.49. The van der Waals surface area contributed by atoms with Crippen molar-refractivity contribution < 1.29 is 14.7 Å². The number of aryl methyl sites for hydroxylation is 1. The van der Waals surface area contributed by atoms with Crippen molar-refractivity contribution in [2.45, 2.75) is 57.4 Å². The van der Waals surface area contributed by atoms with Gasteiger partial charge in [-0.1, -0.05) is 26.2 Å². The first-order chi connectivity index (χ1) is 9.56. The number of thiophene rings is 1. The summed E-state index contributed by atoms with van der Waals surface area (Å²) in [5.74, 6) is -0.950. The van der Waals surface area contributed by atoms with Crippen LogP contribution in [-0.2, 0) is 11.2 Å². The molecule has 2 rings (SSSR count). The molecule has 2 N–H and O–H groups in total. The van der Waals surface area contributed by atoms with Crippen LogP contribution in [0.2, 0.25) is 0 Å². The van der Waals surface area contributed by atoms with Gasteiger partial charge in [0.1, 0.15) is 0 Å². The van der Waals surface area contributed by atoms with Crippen LogP contribution >= 0.6 is 11.3 Å². The predicted octanol–water partition coefficient (Wildman–Crippen LogP) is 3.22. The molecule has 0 atom stereocenters. The molecule has 0 aromatic carbocycles. The number of carboxylic acids is 1. The molecule has 110 valence electrons. The van der Waals surface area contributed by atoms with Gasteiger partial charge in [0.2, 0.25) is 0 Å². The summed E-state index contributed by atoms with van der Waals surface area (Å²) in [5.41, 5.74) is 0.477. The maximum atomic E-state index is 12.4. The largest absolute Gasteiger partial charge is 0.481 e. The lowest BCUT2D eigenvalue weighted by Gasteiger charge is -2.37. The normalized spacial score (nSPS) is 17.6. The minimum Gasteiger partial charge on any atom is -0.481 e. The number of hydrogen-bond donors (Lipinski definition) is 2. The van der Waals surface area contributed by atoms with Gasteiger partial charge in [0.25, 0.3) is 5.91 Å². The lowest BCUT2D eigenvalue weighted by molar-refractivity contribution is -0.139. The Morgan fingerprint density at radius 2 is 2.05 bits per heavy atom. The molecule has 4 nitrogen and oxygen atoms in total. The van der Waals surface area contributed by atoms with Crippen molar-refractivity contribution in [1.29, 1.82) is 0 Å². The highest BCUT2D eigenvalue weighted by Gasteiger charge is 2.36. The molecule has 1 aliphatic rings. The average molecular weight is 295 g/mol. The number of carbonyl (C=O) groups is 2. The van der Waals surface area contributed by atoms with E-state index in [2.05, 4.69) is 5.32 Å². The minimum absolute atomic E-state index is 0.0194. The van der Waals surface area contributed by atoms with Gasteiger partial charge in [0, 0.05) is 0 Å². The van der Waals surface area contributed by atoms with Gasteiger partial charge in [-0.25, -0.2) is 0 Å². The van der Waals surface area contributed by atoms with Gasteiger partial charge >= 0.3 is 5.97 Å². The van der Waals surface area contributed by atoms with Crippen molar-refractivity contribution in [3.8, 4) is 0 Å². The summed E-state index contributed by atoms with van der Waals surface area (Å²) in [6, 6.07) is 1.96. The van der Waals surface area contributed by atoms with Crippen LogP contribution in [0.25, 0.3) is 0 Å². The van der Waals surface area contributed by atoms with Crippen molar-refractivity contribution in [1.82, 2.24) is 5.32 Å². The van der Waals surface area contributed by atoms with Gasteiger partial charge < -0.3 is 10.4 Å². The average Bonchev–Trinajstić information content (AvgIpc) is 2.87. The molecule has 0 radical (unpaired) electrons. The SMILES string of the molecule is CCc1ccsc1C(=O)NC1(CC(=O)O)CCCCC1. The number of carbonyl (C=O) groups excluding carboxylic acids is 1. The quantitative estimate of drug-likeness (QED) is 0.876. The van der Waals surface area contributed by atoms with Crippen LogP contribution in [0, 0.1) is 0 Å². The third-order valence-electron chi connectivity index (χ3n) is 4.01. The lowest BCUT2D eigenvalue weighted by Crippen LogP contribution is -2.51. The molecule has 0 aliphatic heterocycles. The molecule has 1 heterocycles. The molecular weight excluding hydrogens is 274 g/mol. The molecule has 0 saturated heterocycles. The van der Waals surface area contributed by atoms with E-state index in [1.165, 1.54) is 11.3 Å². The number of nitrogens with one attached hydrogen (secondary N) is 1. The Balaban J connectivity index is 2.15. The zero-order valence-corrected chi connectivity index (χ0v) is 12.6. The summed E-state index contributed by atoms with van der Waals surface area (Å²) in [4.78, 5) is 24.3. The van der Waals surface area contributed by atoms with E-state index in [1.807, 2.05) is 18.4 Å². The van der Waals surface area contributed by atoms with Crippen LogP contribution in [0.15, 0.2) is 11.4 Å². The first-order valence-corrected chi connectivity index (χ1v) is 8.05. The summed E-state index contributed by atoms with van der Waals surface area (Å²) in [7, 11) is 0. The standard InChI is InChI=1S/C15H21NO3S/c1-2-11-6-9-20-13(11)14(19)16-15(10-12(17)18)7-4-3-5-8-15/h6,9H,2-5,7-8,10H2,1H3,(H,16,19)(H,17,18). The van der Waals surface area contributed by atoms with E-state index in [4.69, 9.17) is 5.11 Å². The first-order valence-electron chi connectivity index (χ1n) is 7.17. The zero-order chi connectivity index (χ0) is 14.6. The van der Waals surface area contributed by atoms with Crippen LogP contribution in [0.3, 0.4) is 0 Å². The van der Waals surface area contributed by atoms with Gasteiger partial charge in [0.05, 0.1) is 16.8 Å². The van der Waals surface area contributed by atoms with E-state index >= 15 is 0 Å². The van der Waals surface area contributed by atoms with Crippen molar-refractivity contribution in [2.75, 3.05) is 0 Å². The molecule has 1 saturated carbocycles. The van der Waals surface area contributed by atoms with E-state index in [1.54, 1.807) is 0 Å². The summed E-state index contributed by atoms with van der Waals surface area (Å²) < 4.78 is 0. The molecule has 1 aromatic heterocycles. The maximum absolute atomic E-state index is 12.4. The minimum atomic E-state index is -0.839. The van der Waals surface area contributed by atoms with Crippen molar-refractivity contribution in [3.05, 3.63) is 21.9 Å². The van der Waals surface area contributed by atoms with Crippen LogP contribution in [0.5, 0.6) is 0 Å². The monoisotopic (exact) mass is 295 g/mol. The molecule has 0 spiro atoms. The number of amides is 1. The Hall–Kier alpha value is -1.36. The molecule has 0 bridgehead atoms. The molecular formula is C15H21NO3S. The Kier molecular flexibility index (Phi) is 4.81. The molecule has 0 unspecified atom stereocenters. The van der Waals surface area contributed by atoms with E-state index in [0.717, 1.165) is 49.0 Å². The smallest absolute Gasteiger partial charge is 0.305 e. The molecule has 1 fully saturated rings. The maximum Gasteiger partial charge on any atom is 0.305 e. The van der Waals surface area contributed by atoms with E-state index in [9.17, 15) is 9.59 Å². The number of carboxylic acid groups (broad SMARTS) is 1. The molecule has 20 heavy (non-hydrogen) atoms. The van der Waals surface area contributed by atoms with Crippen LogP contribution in [0.1, 0.15) is 60.7 Å². The summed E-state index contributed by atoms with van der Waals surface area (Å²) in [5, 5.41) is 14.1. The number of aliphatic carboxylic acids is 1. The number of hydrogen-bond acceptors (Lipinski definition) is 3. The second-order valence-corrected chi connectivity index (χ2v) is 6.41. The third kappa shape index (κ3) is 3.39. The van der Waals surface area contributed by atoms with Gasteiger partial charge in [0.15, 0.2) is 0 Å². The molecule has 5 heteroatoms. The lowest BCUT2D eigenvalue weighted by atomic mass is 9.79. The summed E-state index contributed by atoms with van der Waals surface area (Å²) >= 11 is 1.43. The first kappa shape index (κ1) is 15.0. The van der Waals surface area contributed by atoms with E-state index in [-0.39, 0.29) is 12.3 Å². The van der Waals surface area contributed by atoms with Crippen molar-refractivity contribution in [3.63, 3.8) is 0 Å². The Bertz CT molecular complexity index is 489. The Labute approximate surface area is 123 Å². The molecule has 1 amide bonds. The van der Waals surface area contributed by atoms with Crippen LogP contribution in [-0.4, -0.2) is 22.5 Å². The van der Waals surface area contributed by atoms with Crippen LogP contribution in [0.4, 0.5) is 0 Å². The second kappa shape index (κ2) is 6.39. The van der Waals surface area contributed by atoms with E-state index < -0.39 is 11.5 Å². The highest BCUT2D eigenvalue weighted by Crippen LogP contribution is 2.32. The Morgan fingerprint density at radius 1 is 1.35 bits per heavy atom. The van der Waals surface area contributed by atoms with Gasteiger partial charge in [-0.2, -0.15) is 0 Å². The molecule has 1 aromatic rings. The number of rotatable bonds is 5. The highest BCUT2D eigenvalue weighted by atomic mass is 32.1. The fourth-order valence-electron chi connectivity index (χ4n) is 2.97. The topological polar surface area (TPSA) is 66.4 Å². The third-order valence-corrected chi connectivity index (χ3v) is 4.97. The summed E-state index contributed by atoms with van der Waals surface area (Å²) in [6.07, 6.45) is 5.45. The van der Waals surface area contributed by atoms with Gasteiger partial charge in [-0.3, -0.25) is 9.59 Å². The molecule has 1 aliphatic carbocycles. The van der Waals surface area contributed by atoms with Gasteiger partial charge in [-0.15, -0.1) is 11.3 Å².